The molecule has 2 rings (SSSR count). The van der Waals surface area contributed by atoms with Gasteiger partial charge in [-0.05, 0) is 24.6 Å². The first-order valence-electron chi connectivity index (χ1n) is 7.37. The predicted octanol–water partition coefficient (Wildman–Crippen LogP) is 2.15. The standard InChI is InChI=1S/C16H21NO5S/c1-4-5-16(18)17(12-8-9-23(19,20)11-12)14-7-6-13(21-2)10-15(14)22-3/h6-10,12H,4-5,11H2,1-3H3/t12-/m0/s1. The third kappa shape index (κ3) is 3.85. The van der Waals surface area contributed by atoms with Crippen LogP contribution in [0.1, 0.15) is 19.8 Å². The molecule has 1 aliphatic rings. The molecule has 0 fully saturated rings. The van der Waals surface area contributed by atoms with E-state index < -0.39 is 15.9 Å². The molecule has 0 saturated carbocycles. The first-order chi connectivity index (χ1) is 10.9. The van der Waals surface area contributed by atoms with Crippen LogP contribution in [-0.4, -0.2) is 40.3 Å². The number of hydrogen-bond donors (Lipinski definition) is 0. The van der Waals surface area contributed by atoms with E-state index in [1.54, 1.807) is 31.4 Å². The fraction of sp³-hybridized carbons (Fsp3) is 0.438. The lowest BCUT2D eigenvalue weighted by molar-refractivity contribution is -0.118. The van der Waals surface area contributed by atoms with Gasteiger partial charge in [-0.1, -0.05) is 6.92 Å². The maximum Gasteiger partial charge on any atom is 0.227 e. The highest BCUT2D eigenvalue weighted by atomic mass is 32.2. The smallest absolute Gasteiger partial charge is 0.227 e. The number of rotatable bonds is 6. The maximum atomic E-state index is 12.6. The highest BCUT2D eigenvalue weighted by molar-refractivity contribution is 7.94. The first-order valence-corrected chi connectivity index (χ1v) is 9.08. The highest BCUT2D eigenvalue weighted by Gasteiger charge is 2.32. The van der Waals surface area contributed by atoms with Crippen LogP contribution in [0.5, 0.6) is 11.5 Å². The van der Waals surface area contributed by atoms with E-state index >= 15 is 0 Å². The van der Waals surface area contributed by atoms with Crippen LogP contribution in [0.2, 0.25) is 0 Å². The number of nitrogens with zero attached hydrogens (tertiary/aromatic N) is 1. The molecular formula is C16H21NO5S. The molecule has 0 unspecified atom stereocenters. The van der Waals surface area contributed by atoms with Gasteiger partial charge in [0.25, 0.3) is 0 Å². The molecule has 0 N–H and O–H groups in total. The van der Waals surface area contributed by atoms with Crippen molar-refractivity contribution < 1.29 is 22.7 Å². The van der Waals surface area contributed by atoms with E-state index in [0.717, 1.165) is 0 Å². The van der Waals surface area contributed by atoms with Gasteiger partial charge in [-0.15, -0.1) is 0 Å². The van der Waals surface area contributed by atoms with Crippen LogP contribution in [0, 0.1) is 0 Å². The molecule has 7 heteroatoms. The van der Waals surface area contributed by atoms with Crippen LogP contribution in [0.25, 0.3) is 0 Å². The Morgan fingerprint density at radius 3 is 2.57 bits per heavy atom. The third-order valence-electron chi connectivity index (χ3n) is 3.62. The summed E-state index contributed by atoms with van der Waals surface area (Å²) in [4.78, 5) is 14.1. The van der Waals surface area contributed by atoms with Gasteiger partial charge in [0.05, 0.1) is 31.7 Å². The lowest BCUT2D eigenvalue weighted by atomic mass is 10.1. The van der Waals surface area contributed by atoms with E-state index in [2.05, 4.69) is 0 Å². The Morgan fingerprint density at radius 2 is 2.04 bits per heavy atom. The molecular weight excluding hydrogens is 318 g/mol. The molecule has 1 aromatic rings. The summed E-state index contributed by atoms with van der Waals surface area (Å²) < 4.78 is 34.0. The molecule has 6 nitrogen and oxygen atoms in total. The van der Waals surface area contributed by atoms with Crippen LogP contribution < -0.4 is 14.4 Å². The second-order valence-electron chi connectivity index (χ2n) is 5.28. The lowest BCUT2D eigenvalue weighted by Crippen LogP contribution is -2.41. The van der Waals surface area contributed by atoms with Gasteiger partial charge in [0, 0.05) is 17.9 Å². The van der Waals surface area contributed by atoms with Crippen LogP contribution >= 0.6 is 0 Å². The number of hydrogen-bond acceptors (Lipinski definition) is 5. The molecule has 0 radical (unpaired) electrons. The van der Waals surface area contributed by atoms with Gasteiger partial charge < -0.3 is 14.4 Å². The van der Waals surface area contributed by atoms with Crippen LogP contribution in [0.15, 0.2) is 29.7 Å². The zero-order valence-electron chi connectivity index (χ0n) is 13.5. The third-order valence-corrected chi connectivity index (χ3v) is 5.00. The normalized spacial score (nSPS) is 18.7. The Balaban J connectivity index is 2.46. The maximum absolute atomic E-state index is 12.6. The van der Waals surface area contributed by atoms with Crippen LogP contribution in [0.3, 0.4) is 0 Å². The summed E-state index contributed by atoms with van der Waals surface area (Å²) in [5, 5.41) is 1.17. The van der Waals surface area contributed by atoms with Crippen molar-refractivity contribution in [2.75, 3.05) is 24.9 Å². The monoisotopic (exact) mass is 339 g/mol. The van der Waals surface area contributed by atoms with Crippen molar-refractivity contribution >= 4 is 21.4 Å². The van der Waals surface area contributed by atoms with E-state index in [9.17, 15) is 13.2 Å². The fourth-order valence-electron chi connectivity index (χ4n) is 2.54. The Bertz CT molecular complexity index is 711. The van der Waals surface area contributed by atoms with Crippen molar-refractivity contribution in [3.05, 3.63) is 29.7 Å². The molecule has 23 heavy (non-hydrogen) atoms. The van der Waals surface area contributed by atoms with Gasteiger partial charge in [0.1, 0.15) is 11.5 Å². The molecule has 0 spiro atoms. The van der Waals surface area contributed by atoms with Gasteiger partial charge in [0.2, 0.25) is 5.91 Å². The van der Waals surface area contributed by atoms with Crippen molar-refractivity contribution in [1.29, 1.82) is 0 Å². The fourth-order valence-corrected chi connectivity index (χ4v) is 3.80. The summed E-state index contributed by atoms with van der Waals surface area (Å²) in [5.74, 6) is 0.815. The Kier molecular flexibility index (Phi) is 5.30. The number of amides is 1. The quantitative estimate of drug-likeness (QED) is 0.794. The molecule has 0 aliphatic carbocycles. The Labute approximate surface area is 136 Å². The number of methoxy groups -OCH3 is 2. The molecule has 0 bridgehead atoms. The van der Waals surface area contributed by atoms with E-state index in [-0.39, 0.29) is 11.7 Å². The number of carbonyl (C=O) groups excluding carboxylic acids is 1. The van der Waals surface area contributed by atoms with Crippen molar-refractivity contribution in [3.8, 4) is 11.5 Å². The topological polar surface area (TPSA) is 72.9 Å². The SMILES string of the molecule is CCCC(=O)N(c1ccc(OC)cc1OC)[C@H]1C=CS(=O)(=O)C1. The molecule has 1 heterocycles. The van der Waals surface area contributed by atoms with Crippen molar-refractivity contribution in [2.45, 2.75) is 25.8 Å². The minimum Gasteiger partial charge on any atom is -0.497 e. The van der Waals surface area contributed by atoms with Gasteiger partial charge in [0.15, 0.2) is 9.84 Å². The second-order valence-corrected chi connectivity index (χ2v) is 7.21. The van der Waals surface area contributed by atoms with E-state index in [4.69, 9.17) is 9.47 Å². The summed E-state index contributed by atoms with van der Waals surface area (Å²) in [6.07, 6.45) is 2.56. The summed E-state index contributed by atoms with van der Waals surface area (Å²) in [5.41, 5.74) is 0.540. The molecule has 1 aromatic carbocycles. The van der Waals surface area contributed by atoms with E-state index in [1.807, 2.05) is 6.92 Å². The zero-order chi connectivity index (χ0) is 17.0. The minimum atomic E-state index is -3.27. The second kappa shape index (κ2) is 7.04. The first kappa shape index (κ1) is 17.3. The zero-order valence-corrected chi connectivity index (χ0v) is 14.3. The molecule has 1 aliphatic heterocycles. The van der Waals surface area contributed by atoms with Gasteiger partial charge in [-0.2, -0.15) is 0 Å². The minimum absolute atomic E-state index is 0.113. The van der Waals surface area contributed by atoms with E-state index in [0.29, 0.717) is 30.0 Å². The van der Waals surface area contributed by atoms with Crippen molar-refractivity contribution in [1.82, 2.24) is 0 Å². The average molecular weight is 339 g/mol. The van der Waals surface area contributed by atoms with Crippen LogP contribution in [0.4, 0.5) is 5.69 Å². The summed E-state index contributed by atoms with van der Waals surface area (Å²) >= 11 is 0. The molecule has 1 atom stereocenters. The van der Waals surface area contributed by atoms with Gasteiger partial charge in [-0.3, -0.25) is 4.79 Å². The average Bonchev–Trinajstić information content (AvgIpc) is 2.87. The largest absolute Gasteiger partial charge is 0.497 e. The molecule has 1 amide bonds. The van der Waals surface area contributed by atoms with Gasteiger partial charge in [-0.25, -0.2) is 8.42 Å². The number of ether oxygens (including phenoxy) is 2. The Hall–Kier alpha value is -2.02. The Morgan fingerprint density at radius 1 is 1.30 bits per heavy atom. The molecule has 0 saturated heterocycles. The number of benzene rings is 1. The van der Waals surface area contributed by atoms with Gasteiger partial charge >= 0.3 is 0 Å². The van der Waals surface area contributed by atoms with Crippen molar-refractivity contribution in [2.24, 2.45) is 0 Å². The predicted molar refractivity (Wildman–Crippen MR) is 88.7 cm³/mol. The highest BCUT2D eigenvalue weighted by Crippen LogP contribution is 2.35. The van der Waals surface area contributed by atoms with Crippen molar-refractivity contribution in [3.63, 3.8) is 0 Å². The number of anilines is 1. The van der Waals surface area contributed by atoms with E-state index in [1.165, 1.54) is 17.4 Å². The summed E-state index contributed by atoms with van der Waals surface area (Å²) in [6, 6.07) is 4.58. The molecule has 0 aromatic heterocycles. The summed E-state index contributed by atoms with van der Waals surface area (Å²) in [7, 11) is -0.225. The molecule has 126 valence electrons. The van der Waals surface area contributed by atoms with Crippen LogP contribution in [-0.2, 0) is 14.6 Å². The number of sulfone groups is 1. The lowest BCUT2D eigenvalue weighted by Gasteiger charge is -2.29. The summed E-state index contributed by atoms with van der Waals surface area (Å²) in [6.45, 7) is 1.91. The number of carbonyl (C=O) groups is 1.